The van der Waals surface area contributed by atoms with Crippen molar-refractivity contribution in [3.63, 3.8) is 0 Å². The first-order chi connectivity index (χ1) is 24.8. The Balaban J connectivity index is 1.05. The normalized spacial score (nSPS) is 50.7. The largest absolute Gasteiger partial charge is 0.437 e. The van der Waals surface area contributed by atoms with Gasteiger partial charge in [0.05, 0.1) is 11.8 Å². The predicted molar refractivity (Wildman–Crippen MR) is 182 cm³/mol. The summed E-state index contributed by atoms with van der Waals surface area (Å²) in [5, 5.41) is 7.15. The number of oxime groups is 1. The number of benzene rings is 1. The number of carbonyl (C=O) groups excluding carboxylic acids is 1. The van der Waals surface area contributed by atoms with E-state index in [9.17, 15) is 9.18 Å². The first-order valence-electron chi connectivity index (χ1n) is 19.5. The Labute approximate surface area is 304 Å². The highest BCUT2D eigenvalue weighted by Gasteiger charge is 2.71. The minimum Gasteiger partial charge on any atom is -0.345 e. The molecule has 1 N–H and O–H groups in total. The molecular formula is C39H53FN2O10. The lowest BCUT2D eigenvalue weighted by Gasteiger charge is -2.61. The van der Waals surface area contributed by atoms with Gasteiger partial charge in [-0.2, -0.15) is 0 Å². The van der Waals surface area contributed by atoms with Crippen molar-refractivity contribution in [1.29, 1.82) is 0 Å². The van der Waals surface area contributed by atoms with Gasteiger partial charge in [-0.1, -0.05) is 38.9 Å². The molecule has 1 amide bonds. The zero-order valence-electron chi connectivity index (χ0n) is 31.0. The summed E-state index contributed by atoms with van der Waals surface area (Å²) in [5.41, 5.74) is -0.692. The molecule has 4 bridgehead atoms. The van der Waals surface area contributed by atoms with Gasteiger partial charge in [0.15, 0.2) is 23.8 Å². The second-order valence-electron chi connectivity index (χ2n) is 17.6. The van der Waals surface area contributed by atoms with E-state index < -0.39 is 53.4 Å². The summed E-state index contributed by atoms with van der Waals surface area (Å²) in [7, 11) is 0. The van der Waals surface area contributed by atoms with Gasteiger partial charge in [-0.05, 0) is 106 Å². The molecule has 0 radical (unpaired) electrons. The topological polar surface area (TPSA) is 125 Å². The maximum absolute atomic E-state index is 13.9. The Morgan fingerprint density at radius 3 is 2.02 bits per heavy atom. The number of hydrogen-bond donors (Lipinski definition) is 1. The minimum absolute atomic E-state index is 0.0261. The van der Waals surface area contributed by atoms with Crippen molar-refractivity contribution >= 4 is 17.5 Å². The fraction of sp³-hybridized carbons (Fsp3) is 0.795. The van der Waals surface area contributed by atoms with Crippen LogP contribution in [-0.4, -0.2) is 59.4 Å². The van der Waals surface area contributed by atoms with Crippen LogP contribution in [0.2, 0.25) is 0 Å². The van der Waals surface area contributed by atoms with Gasteiger partial charge in [-0.15, -0.1) is 0 Å². The van der Waals surface area contributed by atoms with Crippen LogP contribution >= 0.6 is 0 Å². The summed E-state index contributed by atoms with van der Waals surface area (Å²) in [5.74, 6) is -0.971. The molecule has 2 aliphatic carbocycles. The van der Waals surface area contributed by atoms with E-state index in [1.54, 1.807) is 6.07 Å². The van der Waals surface area contributed by atoms with E-state index in [4.69, 9.17) is 43.3 Å². The van der Waals surface area contributed by atoms with Crippen LogP contribution in [0.5, 0.6) is 0 Å². The molecular weight excluding hydrogens is 675 g/mol. The summed E-state index contributed by atoms with van der Waals surface area (Å²) in [6.07, 6.45) is 4.44. The van der Waals surface area contributed by atoms with Crippen LogP contribution in [0.25, 0.3) is 0 Å². The van der Waals surface area contributed by atoms with Gasteiger partial charge in [0.1, 0.15) is 11.9 Å². The smallest absolute Gasteiger partial charge is 0.345 e. The molecule has 12 nitrogen and oxygen atoms in total. The molecule has 2 spiro atoms. The number of anilines is 1. The van der Waals surface area contributed by atoms with Gasteiger partial charge in [-0.25, -0.2) is 28.7 Å². The van der Waals surface area contributed by atoms with Gasteiger partial charge in [-0.3, -0.25) is 10.2 Å². The second-order valence-corrected chi connectivity index (χ2v) is 17.6. The molecule has 8 saturated heterocycles. The van der Waals surface area contributed by atoms with E-state index in [1.165, 1.54) is 18.2 Å². The van der Waals surface area contributed by atoms with E-state index in [0.717, 1.165) is 44.9 Å². The molecule has 13 heteroatoms. The third-order valence-corrected chi connectivity index (χ3v) is 14.5. The average Bonchev–Trinajstić information content (AvgIpc) is 3.48. The average molecular weight is 729 g/mol. The van der Waals surface area contributed by atoms with Crippen molar-refractivity contribution in [3.05, 3.63) is 30.1 Å². The third kappa shape index (κ3) is 5.43. The van der Waals surface area contributed by atoms with Gasteiger partial charge >= 0.3 is 6.09 Å². The molecule has 8 aliphatic heterocycles. The molecule has 8 heterocycles. The number of nitrogens with one attached hydrogen (secondary N) is 1. The Kier molecular flexibility index (Phi) is 8.63. The van der Waals surface area contributed by atoms with Crippen LogP contribution < -0.4 is 5.32 Å². The number of nitrogens with zero attached hydrogens (tertiary/aromatic N) is 1. The van der Waals surface area contributed by atoms with Crippen LogP contribution in [0.1, 0.15) is 99.3 Å². The number of halogens is 1. The molecule has 1 aromatic rings. The number of rotatable bonds is 5. The van der Waals surface area contributed by atoms with Crippen LogP contribution in [0.3, 0.4) is 0 Å². The van der Waals surface area contributed by atoms with E-state index in [2.05, 4.69) is 38.2 Å². The van der Waals surface area contributed by atoms with Gasteiger partial charge in [0, 0.05) is 36.8 Å². The summed E-state index contributed by atoms with van der Waals surface area (Å²) < 4.78 is 41.2. The number of ether oxygens (including phenoxy) is 4. The molecule has 2 unspecified atom stereocenters. The monoisotopic (exact) mass is 728 g/mol. The van der Waals surface area contributed by atoms with Crippen molar-refractivity contribution in [2.75, 3.05) is 5.32 Å². The lowest BCUT2D eigenvalue weighted by Crippen LogP contribution is -2.71. The van der Waals surface area contributed by atoms with E-state index in [1.807, 2.05) is 13.8 Å². The van der Waals surface area contributed by atoms with Crippen LogP contribution in [0.15, 0.2) is 29.4 Å². The summed E-state index contributed by atoms with van der Waals surface area (Å²) in [4.78, 5) is 43.6. The van der Waals surface area contributed by atoms with Gasteiger partial charge in [0.25, 0.3) is 0 Å². The molecule has 0 aromatic heterocycles. The van der Waals surface area contributed by atoms with Gasteiger partial charge < -0.3 is 18.9 Å². The zero-order chi connectivity index (χ0) is 36.2. The van der Waals surface area contributed by atoms with Crippen molar-refractivity contribution in [2.24, 2.45) is 52.5 Å². The highest BCUT2D eigenvalue weighted by molar-refractivity contribution is 5.91. The standard InChI is InChI=1S/C39H53FN2O10/c1-20-10-12-28-22(3)31(44-33-38(28)26(20)14-16-36(5,46-33)49-51-38)19-30(42-48-35(43)41-25-9-7-8-24(40)18-25)32-23(4)29-13-11-21(2)27-15-17-37(6)47-34(45-32)39(27,29)52-50-37/h7-9,18,20-23,26-29,31-34H,10-17,19H2,1-6H3,(H,41,43)/b42-30-/t20-,21-,22-,23-,26+,27+,28+,29+,31-,32+,33-,34-,36+,37+,38?,39?/m1/s1. The van der Waals surface area contributed by atoms with Crippen molar-refractivity contribution < 1.29 is 52.5 Å². The lowest BCUT2D eigenvalue weighted by molar-refractivity contribution is -0.571. The van der Waals surface area contributed by atoms with Crippen LogP contribution in [-0.2, 0) is 43.3 Å². The van der Waals surface area contributed by atoms with E-state index in [0.29, 0.717) is 30.4 Å². The number of fused-ring (bicyclic) bond motifs is 4. The molecule has 10 aliphatic rings. The van der Waals surface area contributed by atoms with E-state index >= 15 is 0 Å². The fourth-order valence-corrected chi connectivity index (χ4v) is 11.7. The maximum Gasteiger partial charge on any atom is 0.437 e. The molecule has 286 valence electrons. The van der Waals surface area contributed by atoms with Crippen molar-refractivity contribution in [2.45, 2.75) is 147 Å². The molecule has 1 aromatic carbocycles. The highest BCUT2D eigenvalue weighted by atomic mass is 19.1. The summed E-state index contributed by atoms with van der Waals surface area (Å²) in [6.45, 7) is 12.8. The van der Waals surface area contributed by atoms with Crippen LogP contribution in [0.4, 0.5) is 14.9 Å². The molecule has 2 saturated carbocycles. The second kappa shape index (κ2) is 12.7. The zero-order valence-corrected chi connectivity index (χ0v) is 31.0. The molecule has 16 atom stereocenters. The van der Waals surface area contributed by atoms with Crippen molar-refractivity contribution in [3.8, 4) is 0 Å². The SMILES string of the molecule is C[C@H]1[C@@H](/C(C[C@H]2O[C@@H]3O[C@]4(C)CC[C@H]5[C@H](C)CC[C@@H]([C@H]2C)C35OO4)=N\OC(=O)Nc2cccc(F)c2)O[C@@H]2O[C@]3(C)CC[C@H]4[C@H](C)CC[C@@H]1C24OO3. The Morgan fingerprint density at radius 2 is 1.40 bits per heavy atom. The Morgan fingerprint density at radius 1 is 0.808 bits per heavy atom. The number of carbonyl (C=O) groups is 1. The number of amides is 1. The quantitative estimate of drug-likeness (QED) is 0.140. The fourth-order valence-electron chi connectivity index (χ4n) is 11.7. The molecule has 11 rings (SSSR count). The maximum atomic E-state index is 13.9. The molecule has 52 heavy (non-hydrogen) atoms. The molecule has 10 fully saturated rings. The third-order valence-electron chi connectivity index (χ3n) is 14.5. The Hall–Kier alpha value is -2.23. The first kappa shape index (κ1) is 35.5. The van der Waals surface area contributed by atoms with Gasteiger partial charge in [0.2, 0.25) is 11.6 Å². The summed E-state index contributed by atoms with van der Waals surface area (Å²) >= 11 is 0. The first-order valence-corrected chi connectivity index (χ1v) is 19.5. The predicted octanol–water partition coefficient (Wildman–Crippen LogP) is 7.62. The van der Waals surface area contributed by atoms with Crippen LogP contribution in [0, 0.1) is 53.2 Å². The highest BCUT2D eigenvalue weighted by Crippen LogP contribution is 2.63. The number of hydrogen-bond acceptors (Lipinski definition) is 11. The minimum atomic E-state index is -0.945. The summed E-state index contributed by atoms with van der Waals surface area (Å²) in [6, 6.07) is 5.63. The van der Waals surface area contributed by atoms with Crippen molar-refractivity contribution in [1.82, 2.24) is 0 Å². The van der Waals surface area contributed by atoms with E-state index in [-0.39, 0.29) is 47.3 Å². The Bertz CT molecular complexity index is 1600. The lowest BCUT2D eigenvalue weighted by atomic mass is 9.56.